The number of rotatable bonds is 5. The van der Waals surface area contributed by atoms with Crippen molar-refractivity contribution in [2.24, 2.45) is 0 Å². The Bertz CT molecular complexity index is 815. The predicted molar refractivity (Wildman–Crippen MR) is 100 cm³/mol. The van der Waals surface area contributed by atoms with Gasteiger partial charge in [0.1, 0.15) is 0 Å². The molecule has 1 N–H and O–H groups in total. The van der Waals surface area contributed by atoms with Gasteiger partial charge in [0.25, 0.3) is 0 Å². The van der Waals surface area contributed by atoms with Crippen LogP contribution in [-0.4, -0.2) is 47.3 Å². The van der Waals surface area contributed by atoms with Gasteiger partial charge in [-0.25, -0.2) is 4.79 Å². The zero-order valence-corrected chi connectivity index (χ0v) is 15.8. The van der Waals surface area contributed by atoms with Crippen LogP contribution in [0.15, 0.2) is 29.0 Å². The van der Waals surface area contributed by atoms with Crippen LogP contribution in [0.1, 0.15) is 34.2 Å². The summed E-state index contributed by atoms with van der Waals surface area (Å²) in [4.78, 5) is 41.8. The van der Waals surface area contributed by atoms with E-state index in [9.17, 15) is 14.4 Å². The van der Waals surface area contributed by atoms with E-state index < -0.39 is 0 Å². The van der Waals surface area contributed by atoms with E-state index in [-0.39, 0.29) is 37.0 Å². The van der Waals surface area contributed by atoms with Crippen LogP contribution in [0.2, 0.25) is 0 Å². The summed E-state index contributed by atoms with van der Waals surface area (Å²) in [5, 5.41) is 6.63. The van der Waals surface area contributed by atoms with Crippen molar-refractivity contribution in [1.29, 1.82) is 0 Å². The number of nitrogens with zero attached hydrogens (tertiary/aromatic N) is 2. The molecule has 2 aliphatic heterocycles. The Morgan fingerprint density at radius 1 is 1.23 bits per heavy atom. The summed E-state index contributed by atoms with van der Waals surface area (Å²) in [7, 11) is 0. The van der Waals surface area contributed by atoms with Crippen molar-refractivity contribution >= 4 is 40.5 Å². The minimum absolute atomic E-state index is 0.0192. The molecule has 4 heterocycles. The average molecular weight is 390 g/mol. The van der Waals surface area contributed by atoms with E-state index >= 15 is 0 Å². The molecule has 1 saturated heterocycles. The largest absolute Gasteiger partial charge is 0.330 e. The number of nitrogens with one attached hydrogen (secondary N) is 1. The van der Waals surface area contributed by atoms with Crippen molar-refractivity contribution in [3.8, 4) is 0 Å². The smallest absolute Gasteiger partial charge is 0.324 e. The van der Waals surface area contributed by atoms with E-state index in [0.717, 1.165) is 6.42 Å². The van der Waals surface area contributed by atoms with Crippen molar-refractivity contribution in [2.75, 3.05) is 19.6 Å². The summed E-state index contributed by atoms with van der Waals surface area (Å²) in [6, 6.07) is 5.84. The molecule has 26 heavy (non-hydrogen) atoms. The Morgan fingerprint density at radius 3 is 2.85 bits per heavy atom. The van der Waals surface area contributed by atoms with E-state index in [2.05, 4.69) is 22.8 Å². The third kappa shape index (κ3) is 3.14. The van der Waals surface area contributed by atoms with Crippen LogP contribution in [0.25, 0.3) is 0 Å². The highest BCUT2D eigenvalue weighted by Gasteiger charge is 2.33. The van der Waals surface area contributed by atoms with E-state index in [1.165, 1.54) is 20.2 Å². The molecule has 0 radical (unpaired) electrons. The van der Waals surface area contributed by atoms with Crippen molar-refractivity contribution in [3.63, 3.8) is 0 Å². The highest BCUT2D eigenvalue weighted by molar-refractivity contribution is 7.10. The lowest BCUT2D eigenvalue weighted by Gasteiger charge is -2.35. The van der Waals surface area contributed by atoms with Gasteiger partial charge in [-0.15, -0.1) is 22.7 Å². The number of hydrogen-bond donors (Lipinski definition) is 1. The molecular weight excluding hydrogens is 370 g/mol. The molecule has 4 amide bonds. The van der Waals surface area contributed by atoms with Crippen LogP contribution in [0.5, 0.6) is 0 Å². The lowest BCUT2D eigenvalue weighted by Crippen LogP contribution is -2.40. The van der Waals surface area contributed by atoms with Gasteiger partial charge >= 0.3 is 6.03 Å². The maximum Gasteiger partial charge on any atom is 0.324 e. The molecule has 0 spiro atoms. The Balaban J connectivity index is 1.45. The number of thiophene rings is 2. The Labute approximate surface area is 159 Å². The summed E-state index contributed by atoms with van der Waals surface area (Å²) in [5.41, 5.74) is 1.23. The minimum Gasteiger partial charge on any atom is -0.330 e. The minimum atomic E-state index is -0.361. The number of carbonyl (C=O) groups excluding carboxylic acids is 3. The number of fused-ring (bicyclic) bond motifs is 1. The predicted octanol–water partition coefficient (Wildman–Crippen LogP) is 2.62. The van der Waals surface area contributed by atoms with Gasteiger partial charge in [0.05, 0.1) is 12.6 Å². The molecule has 1 fully saturated rings. The summed E-state index contributed by atoms with van der Waals surface area (Å²) >= 11 is 3.42. The Kier molecular flexibility index (Phi) is 4.78. The molecule has 2 aromatic heterocycles. The molecule has 1 unspecified atom stereocenters. The fourth-order valence-corrected chi connectivity index (χ4v) is 5.31. The van der Waals surface area contributed by atoms with Crippen LogP contribution in [0.4, 0.5) is 4.79 Å². The molecule has 2 aliphatic rings. The molecule has 1 atom stereocenters. The monoisotopic (exact) mass is 389 g/mol. The lowest BCUT2D eigenvalue weighted by molar-refractivity contribution is -0.134. The van der Waals surface area contributed by atoms with E-state index in [0.29, 0.717) is 19.4 Å². The fraction of sp³-hybridized carbons (Fsp3) is 0.389. The van der Waals surface area contributed by atoms with Crippen LogP contribution in [0.3, 0.4) is 0 Å². The maximum atomic E-state index is 12.9. The Hall–Kier alpha value is -2.19. The third-order valence-corrected chi connectivity index (χ3v) is 6.73. The summed E-state index contributed by atoms with van der Waals surface area (Å²) in [6.45, 7) is 1.05. The molecule has 0 saturated carbocycles. The van der Waals surface area contributed by atoms with Crippen LogP contribution >= 0.6 is 22.7 Å². The first-order chi connectivity index (χ1) is 12.6. The SMILES string of the molecule is O=C1CNC(=O)N1CCCC(=O)N1CCc2sccc2C1c1cccs1. The van der Waals surface area contributed by atoms with Crippen molar-refractivity contribution < 1.29 is 14.4 Å². The molecule has 6 nitrogen and oxygen atoms in total. The van der Waals surface area contributed by atoms with Crippen molar-refractivity contribution in [1.82, 2.24) is 15.1 Å². The number of amides is 4. The van der Waals surface area contributed by atoms with Gasteiger partial charge in [-0.3, -0.25) is 14.5 Å². The van der Waals surface area contributed by atoms with Crippen LogP contribution in [-0.2, 0) is 16.0 Å². The normalized spacial score (nSPS) is 19.6. The van der Waals surface area contributed by atoms with Crippen molar-refractivity contribution in [2.45, 2.75) is 25.3 Å². The van der Waals surface area contributed by atoms with Gasteiger partial charge in [-0.1, -0.05) is 6.07 Å². The van der Waals surface area contributed by atoms with Gasteiger partial charge < -0.3 is 10.2 Å². The first-order valence-corrected chi connectivity index (χ1v) is 10.4. The fourth-order valence-electron chi connectivity index (χ4n) is 3.55. The quantitative estimate of drug-likeness (QED) is 0.799. The van der Waals surface area contributed by atoms with Gasteiger partial charge in [0.15, 0.2) is 0 Å². The van der Waals surface area contributed by atoms with Crippen LogP contribution < -0.4 is 5.32 Å². The highest BCUT2D eigenvalue weighted by Crippen LogP contribution is 2.39. The van der Waals surface area contributed by atoms with Gasteiger partial charge in [0, 0.05) is 29.3 Å². The molecule has 8 heteroatoms. The number of carbonyl (C=O) groups is 3. The number of imide groups is 1. The average Bonchev–Trinajstić information content (AvgIpc) is 3.37. The summed E-state index contributed by atoms with van der Waals surface area (Å²) in [6.07, 6.45) is 1.70. The van der Waals surface area contributed by atoms with Crippen LogP contribution in [0, 0.1) is 0 Å². The maximum absolute atomic E-state index is 12.9. The van der Waals surface area contributed by atoms with E-state index in [4.69, 9.17) is 0 Å². The molecule has 0 aliphatic carbocycles. The topological polar surface area (TPSA) is 69.7 Å². The van der Waals surface area contributed by atoms with E-state index in [1.54, 1.807) is 22.7 Å². The third-order valence-electron chi connectivity index (χ3n) is 4.81. The molecule has 136 valence electrons. The highest BCUT2D eigenvalue weighted by atomic mass is 32.1. The molecule has 2 aromatic rings. The Morgan fingerprint density at radius 2 is 2.12 bits per heavy atom. The standard InChI is InChI=1S/C18H19N3O3S2/c22-15(4-1-7-21-16(23)11-19-18(21)24)20-8-5-13-12(6-10-26-13)17(20)14-3-2-9-25-14/h2-3,6,9-10,17H,1,4-5,7-8,11H2,(H,19,24). The molecule has 0 bridgehead atoms. The second kappa shape index (κ2) is 7.20. The zero-order chi connectivity index (χ0) is 18.1. The first-order valence-electron chi connectivity index (χ1n) is 8.62. The zero-order valence-electron chi connectivity index (χ0n) is 14.1. The van der Waals surface area contributed by atoms with E-state index in [1.807, 2.05) is 16.3 Å². The molecule has 0 aromatic carbocycles. The molecule has 4 rings (SSSR count). The first kappa shape index (κ1) is 17.2. The second-order valence-electron chi connectivity index (χ2n) is 6.36. The van der Waals surface area contributed by atoms with Crippen molar-refractivity contribution in [3.05, 3.63) is 44.3 Å². The summed E-state index contributed by atoms with van der Waals surface area (Å²) < 4.78 is 0. The van der Waals surface area contributed by atoms with Gasteiger partial charge in [-0.05, 0) is 41.3 Å². The second-order valence-corrected chi connectivity index (χ2v) is 8.34. The molecular formula is C18H19N3O3S2. The lowest BCUT2D eigenvalue weighted by atomic mass is 9.98. The van der Waals surface area contributed by atoms with Gasteiger partial charge in [0.2, 0.25) is 11.8 Å². The van der Waals surface area contributed by atoms with Gasteiger partial charge in [-0.2, -0.15) is 0 Å². The number of urea groups is 1. The summed E-state index contributed by atoms with van der Waals surface area (Å²) in [5.74, 6) is -0.146. The number of hydrogen-bond acceptors (Lipinski definition) is 5.